The summed E-state index contributed by atoms with van der Waals surface area (Å²) in [5, 5.41) is 10.5. The van der Waals surface area contributed by atoms with Crippen molar-refractivity contribution >= 4 is 54.1 Å². The quantitative estimate of drug-likeness (QED) is 0.168. The van der Waals surface area contributed by atoms with Crippen LogP contribution < -0.4 is 0 Å². The Kier molecular flexibility index (Phi) is 5.75. The molecule has 0 saturated carbocycles. The Morgan fingerprint density at radius 2 is 0.776 bits per heavy atom. The molecule has 8 aromatic carbocycles. The van der Waals surface area contributed by atoms with E-state index in [-0.39, 0.29) is 10.8 Å². The minimum Gasteiger partial charge on any atom is -0.309 e. The standard InChI is InChI=1S/C48H37N/c1-47(2)43-26-23-31(30-21-24-32(25-22-30)49-45-19-11-9-17-37(45)38-18-10-12-20-46(38)49)27-41(43)42-28-39-35-15-7-5-13-33(35)34-14-6-8-16-36(34)40(39)29-44(42)48(47,3)4/h5-29H,1-4H3. The minimum absolute atomic E-state index is 0.0609. The molecule has 0 N–H and O–H groups in total. The Hall–Kier alpha value is -5.66. The van der Waals surface area contributed by atoms with Crippen molar-refractivity contribution in [1.82, 2.24) is 4.57 Å². The van der Waals surface area contributed by atoms with Crippen molar-refractivity contribution in [1.29, 1.82) is 0 Å². The van der Waals surface area contributed by atoms with Crippen molar-refractivity contribution in [2.45, 2.75) is 38.5 Å². The first-order chi connectivity index (χ1) is 23.8. The minimum atomic E-state index is -0.0677. The molecule has 1 heteroatoms. The molecule has 0 bridgehead atoms. The Bertz CT molecular complexity index is 2750. The van der Waals surface area contributed by atoms with Gasteiger partial charge >= 0.3 is 0 Å². The maximum Gasteiger partial charge on any atom is 0.0541 e. The summed E-state index contributed by atoms with van der Waals surface area (Å²) in [5.41, 5.74) is 11.5. The van der Waals surface area contributed by atoms with Gasteiger partial charge in [-0.1, -0.05) is 137 Å². The van der Waals surface area contributed by atoms with Crippen LogP contribution in [0, 0.1) is 0 Å². The van der Waals surface area contributed by atoms with E-state index in [0.717, 1.165) is 0 Å². The molecule has 1 aliphatic carbocycles. The highest BCUT2D eigenvalue weighted by Crippen LogP contribution is 2.56. The van der Waals surface area contributed by atoms with E-state index in [1.54, 1.807) is 0 Å². The first kappa shape index (κ1) is 28.4. The van der Waals surface area contributed by atoms with Crippen LogP contribution in [0.1, 0.15) is 38.8 Å². The van der Waals surface area contributed by atoms with E-state index < -0.39 is 0 Å². The first-order valence-corrected chi connectivity index (χ1v) is 17.4. The number of nitrogens with zero attached hydrogens (tertiary/aromatic N) is 1. The smallest absolute Gasteiger partial charge is 0.0541 e. The molecule has 49 heavy (non-hydrogen) atoms. The van der Waals surface area contributed by atoms with Gasteiger partial charge in [-0.05, 0) is 119 Å². The van der Waals surface area contributed by atoms with Crippen molar-refractivity contribution in [3.05, 3.63) is 163 Å². The molecule has 0 aliphatic heterocycles. The number of aromatic nitrogens is 1. The fourth-order valence-electron chi connectivity index (χ4n) is 8.86. The van der Waals surface area contributed by atoms with Crippen molar-refractivity contribution in [3.8, 4) is 27.9 Å². The lowest BCUT2D eigenvalue weighted by Crippen LogP contribution is -2.43. The van der Waals surface area contributed by atoms with Gasteiger partial charge in [0, 0.05) is 16.5 Å². The van der Waals surface area contributed by atoms with Gasteiger partial charge in [0.2, 0.25) is 0 Å². The second kappa shape index (κ2) is 9.94. The molecule has 0 atom stereocenters. The molecule has 1 aromatic heterocycles. The average molecular weight is 628 g/mol. The number of fused-ring (bicyclic) bond motifs is 12. The molecular weight excluding hydrogens is 591 g/mol. The van der Waals surface area contributed by atoms with Crippen LogP contribution in [-0.4, -0.2) is 4.57 Å². The molecule has 0 fully saturated rings. The maximum absolute atomic E-state index is 2.53. The second-order valence-electron chi connectivity index (χ2n) is 15.0. The van der Waals surface area contributed by atoms with Gasteiger partial charge < -0.3 is 4.57 Å². The monoisotopic (exact) mass is 627 g/mol. The summed E-state index contributed by atoms with van der Waals surface area (Å²) in [7, 11) is 0. The number of para-hydroxylation sites is 2. The van der Waals surface area contributed by atoms with Crippen LogP contribution in [0.3, 0.4) is 0 Å². The van der Waals surface area contributed by atoms with Crippen molar-refractivity contribution < 1.29 is 0 Å². The van der Waals surface area contributed by atoms with Gasteiger partial charge in [-0.3, -0.25) is 0 Å². The predicted octanol–water partition coefficient (Wildman–Crippen LogP) is 13.1. The fraction of sp³-hybridized carbons (Fsp3) is 0.125. The molecule has 0 radical (unpaired) electrons. The van der Waals surface area contributed by atoms with Gasteiger partial charge in [0.05, 0.1) is 11.0 Å². The predicted molar refractivity (Wildman–Crippen MR) is 210 cm³/mol. The number of hydrogen-bond donors (Lipinski definition) is 0. The van der Waals surface area contributed by atoms with Crippen molar-refractivity contribution in [2.75, 3.05) is 0 Å². The second-order valence-corrected chi connectivity index (χ2v) is 15.0. The van der Waals surface area contributed by atoms with Crippen LogP contribution in [-0.2, 0) is 10.8 Å². The van der Waals surface area contributed by atoms with Gasteiger partial charge in [0.15, 0.2) is 0 Å². The highest BCUT2D eigenvalue weighted by Gasteiger charge is 2.46. The molecule has 1 nitrogen and oxygen atoms in total. The fourth-order valence-corrected chi connectivity index (χ4v) is 8.86. The Labute approximate surface area is 287 Å². The topological polar surface area (TPSA) is 4.93 Å². The lowest BCUT2D eigenvalue weighted by Gasteiger charge is -2.48. The summed E-state index contributed by atoms with van der Waals surface area (Å²) in [5.74, 6) is 0. The molecular formula is C48H37N. The third-order valence-corrected chi connectivity index (χ3v) is 12.1. The van der Waals surface area contributed by atoms with E-state index in [4.69, 9.17) is 0 Å². The van der Waals surface area contributed by atoms with Crippen LogP contribution in [0.2, 0.25) is 0 Å². The summed E-state index contributed by atoms with van der Waals surface area (Å²) in [4.78, 5) is 0. The van der Waals surface area contributed by atoms with Gasteiger partial charge in [-0.25, -0.2) is 0 Å². The van der Waals surface area contributed by atoms with E-state index in [1.807, 2.05) is 0 Å². The summed E-state index contributed by atoms with van der Waals surface area (Å²) < 4.78 is 2.39. The van der Waals surface area contributed by atoms with E-state index >= 15 is 0 Å². The van der Waals surface area contributed by atoms with Crippen molar-refractivity contribution in [3.63, 3.8) is 0 Å². The summed E-state index contributed by atoms with van der Waals surface area (Å²) in [6.45, 7) is 9.73. The molecule has 0 saturated heterocycles. The van der Waals surface area contributed by atoms with Crippen LogP contribution in [0.5, 0.6) is 0 Å². The lowest BCUT2D eigenvalue weighted by molar-refractivity contribution is 0.299. The summed E-state index contributed by atoms with van der Waals surface area (Å²) in [6, 6.07) is 56.6. The average Bonchev–Trinajstić information content (AvgIpc) is 3.48. The third-order valence-electron chi connectivity index (χ3n) is 12.1. The van der Waals surface area contributed by atoms with Gasteiger partial charge in [-0.15, -0.1) is 0 Å². The van der Waals surface area contributed by atoms with Gasteiger partial charge in [0.25, 0.3) is 0 Å². The summed E-state index contributed by atoms with van der Waals surface area (Å²) >= 11 is 0. The molecule has 0 amide bonds. The maximum atomic E-state index is 2.53. The molecule has 1 heterocycles. The molecule has 0 unspecified atom stereocenters. The van der Waals surface area contributed by atoms with E-state index in [0.29, 0.717) is 0 Å². The SMILES string of the molecule is CC1(C)c2ccc(-c3ccc(-n4c5ccccc5c5ccccc54)cc3)cc2-c2cc3c4ccccc4c4ccccc4c3cc2C1(C)C. The lowest BCUT2D eigenvalue weighted by atomic mass is 9.55. The van der Waals surface area contributed by atoms with Crippen LogP contribution in [0.15, 0.2) is 152 Å². The molecule has 10 rings (SSSR count). The largest absolute Gasteiger partial charge is 0.309 e. The number of rotatable bonds is 2. The highest BCUT2D eigenvalue weighted by atomic mass is 15.0. The Balaban J connectivity index is 1.17. The molecule has 0 spiro atoms. The molecule has 234 valence electrons. The zero-order valence-electron chi connectivity index (χ0n) is 28.4. The Morgan fingerprint density at radius 3 is 1.35 bits per heavy atom. The zero-order valence-corrected chi connectivity index (χ0v) is 28.4. The van der Waals surface area contributed by atoms with Gasteiger partial charge in [0.1, 0.15) is 0 Å². The molecule has 1 aliphatic rings. The van der Waals surface area contributed by atoms with Gasteiger partial charge in [-0.2, -0.15) is 0 Å². The molecule has 9 aromatic rings. The van der Waals surface area contributed by atoms with E-state index in [2.05, 4.69) is 184 Å². The number of benzene rings is 8. The van der Waals surface area contributed by atoms with Crippen LogP contribution in [0.4, 0.5) is 0 Å². The summed E-state index contributed by atoms with van der Waals surface area (Å²) in [6.07, 6.45) is 0. The first-order valence-electron chi connectivity index (χ1n) is 17.4. The van der Waals surface area contributed by atoms with Crippen LogP contribution >= 0.6 is 0 Å². The van der Waals surface area contributed by atoms with Crippen LogP contribution in [0.25, 0.3) is 82.1 Å². The third kappa shape index (κ3) is 3.82. The van der Waals surface area contributed by atoms with Crippen molar-refractivity contribution in [2.24, 2.45) is 0 Å². The number of hydrogen-bond acceptors (Lipinski definition) is 0. The van der Waals surface area contributed by atoms with E-state index in [9.17, 15) is 0 Å². The normalized spacial score (nSPS) is 14.9. The van der Waals surface area contributed by atoms with E-state index in [1.165, 1.54) is 93.2 Å². The Morgan fingerprint density at radius 1 is 0.347 bits per heavy atom. The zero-order chi connectivity index (χ0) is 33.1. The highest BCUT2D eigenvalue weighted by molar-refractivity contribution is 6.26.